The molecule has 1 aliphatic rings. The van der Waals surface area contributed by atoms with Crippen LogP contribution in [0, 0.1) is 16.7 Å². The van der Waals surface area contributed by atoms with Crippen molar-refractivity contribution in [2.75, 3.05) is 0 Å². The molecule has 4 heteroatoms. The van der Waals surface area contributed by atoms with E-state index in [1.165, 1.54) is 0 Å². The van der Waals surface area contributed by atoms with Crippen LogP contribution < -0.4 is 5.73 Å². The summed E-state index contributed by atoms with van der Waals surface area (Å²) >= 11 is 0. The minimum Gasteiger partial charge on any atom is -0.481 e. The van der Waals surface area contributed by atoms with Gasteiger partial charge in [0.25, 0.3) is 0 Å². The van der Waals surface area contributed by atoms with Crippen LogP contribution in [0.2, 0.25) is 0 Å². The molecule has 1 fully saturated rings. The summed E-state index contributed by atoms with van der Waals surface area (Å²) in [5, 5.41) is 9.01. The standard InChI is InChI=1S/C10H17NO3/c1-9(2)6(7(12)13)4-5-10(9,3)8(11)14/h6H,4-5H2,1-3H3,(H2,11,14)(H,12,13). The Bertz CT molecular complexity index is 285. The fourth-order valence-electron chi connectivity index (χ4n) is 2.37. The van der Waals surface area contributed by atoms with Gasteiger partial charge in [-0.05, 0) is 18.3 Å². The second-order valence-electron chi connectivity index (χ2n) is 4.85. The highest BCUT2D eigenvalue weighted by Gasteiger charge is 2.57. The van der Waals surface area contributed by atoms with Gasteiger partial charge < -0.3 is 10.8 Å². The number of hydrogen-bond acceptors (Lipinski definition) is 2. The molecule has 0 radical (unpaired) electrons. The molecule has 80 valence electrons. The Kier molecular flexibility index (Phi) is 2.34. The third-order valence-corrected chi connectivity index (χ3v) is 4.07. The minimum absolute atomic E-state index is 0.397. The number of carbonyl (C=O) groups excluding carboxylic acids is 1. The van der Waals surface area contributed by atoms with E-state index in [0.29, 0.717) is 12.8 Å². The van der Waals surface area contributed by atoms with E-state index in [4.69, 9.17) is 10.8 Å². The van der Waals surface area contributed by atoms with Crippen molar-refractivity contribution >= 4 is 11.9 Å². The molecule has 0 spiro atoms. The third kappa shape index (κ3) is 1.21. The van der Waals surface area contributed by atoms with Crippen molar-refractivity contribution in [3.8, 4) is 0 Å². The molecular formula is C10H17NO3. The first-order chi connectivity index (χ1) is 6.23. The molecule has 0 aromatic carbocycles. The average Bonchev–Trinajstić information content (AvgIpc) is 2.24. The number of amides is 1. The van der Waals surface area contributed by atoms with Gasteiger partial charge in [-0.1, -0.05) is 20.8 Å². The summed E-state index contributed by atoms with van der Waals surface area (Å²) in [5.74, 6) is -1.70. The van der Waals surface area contributed by atoms with Gasteiger partial charge >= 0.3 is 5.97 Å². The van der Waals surface area contributed by atoms with Gasteiger partial charge in [0.1, 0.15) is 0 Å². The highest BCUT2D eigenvalue weighted by molar-refractivity contribution is 5.84. The molecule has 3 N–H and O–H groups in total. The van der Waals surface area contributed by atoms with Gasteiger partial charge in [0.15, 0.2) is 0 Å². The SMILES string of the molecule is CC1(C(N)=O)CCC(C(=O)O)C1(C)C. The largest absolute Gasteiger partial charge is 0.481 e. The second-order valence-corrected chi connectivity index (χ2v) is 4.85. The lowest BCUT2D eigenvalue weighted by Crippen LogP contribution is -2.45. The maximum atomic E-state index is 11.3. The normalized spacial score (nSPS) is 35.5. The van der Waals surface area contributed by atoms with Gasteiger partial charge in [-0.2, -0.15) is 0 Å². The first-order valence-electron chi connectivity index (χ1n) is 4.76. The molecule has 0 saturated heterocycles. The summed E-state index contributed by atoms with van der Waals surface area (Å²) in [4.78, 5) is 22.3. The van der Waals surface area contributed by atoms with Crippen molar-refractivity contribution in [1.82, 2.24) is 0 Å². The van der Waals surface area contributed by atoms with E-state index in [1.54, 1.807) is 6.92 Å². The summed E-state index contributed by atoms with van der Waals surface area (Å²) < 4.78 is 0. The van der Waals surface area contributed by atoms with Crippen molar-refractivity contribution < 1.29 is 14.7 Å². The predicted molar refractivity (Wildman–Crippen MR) is 51.4 cm³/mol. The summed E-state index contributed by atoms with van der Waals surface area (Å²) in [6, 6.07) is 0. The maximum absolute atomic E-state index is 11.3. The zero-order chi connectivity index (χ0) is 11.1. The van der Waals surface area contributed by atoms with Crippen molar-refractivity contribution in [2.45, 2.75) is 33.6 Å². The number of carbonyl (C=O) groups is 2. The molecule has 2 atom stereocenters. The number of rotatable bonds is 2. The number of carboxylic acid groups (broad SMARTS) is 1. The summed E-state index contributed by atoms with van der Waals surface area (Å²) in [6.45, 7) is 5.38. The number of primary amides is 1. The predicted octanol–water partition coefficient (Wildman–Crippen LogP) is 0.999. The van der Waals surface area contributed by atoms with E-state index < -0.39 is 28.6 Å². The fraction of sp³-hybridized carbons (Fsp3) is 0.800. The molecule has 1 rings (SSSR count). The summed E-state index contributed by atoms with van der Waals surface area (Å²) in [5.41, 5.74) is 4.07. The Labute approximate surface area is 83.5 Å². The van der Waals surface area contributed by atoms with E-state index in [-0.39, 0.29) is 0 Å². The molecular weight excluding hydrogens is 182 g/mol. The topological polar surface area (TPSA) is 80.4 Å². The number of nitrogens with two attached hydrogens (primary N) is 1. The lowest BCUT2D eigenvalue weighted by molar-refractivity contribution is -0.148. The summed E-state index contributed by atoms with van der Waals surface area (Å²) in [6.07, 6.45) is 1.09. The van der Waals surface area contributed by atoms with E-state index in [2.05, 4.69) is 0 Å². The van der Waals surface area contributed by atoms with Gasteiger partial charge in [-0.25, -0.2) is 0 Å². The molecule has 2 unspecified atom stereocenters. The maximum Gasteiger partial charge on any atom is 0.307 e. The molecule has 0 aliphatic heterocycles. The molecule has 0 heterocycles. The Morgan fingerprint density at radius 3 is 2.07 bits per heavy atom. The van der Waals surface area contributed by atoms with E-state index in [9.17, 15) is 9.59 Å². The zero-order valence-corrected chi connectivity index (χ0v) is 8.83. The quantitative estimate of drug-likeness (QED) is 0.696. The first-order valence-corrected chi connectivity index (χ1v) is 4.76. The van der Waals surface area contributed by atoms with Crippen molar-refractivity contribution in [2.24, 2.45) is 22.5 Å². The monoisotopic (exact) mass is 199 g/mol. The van der Waals surface area contributed by atoms with Crippen LogP contribution in [0.4, 0.5) is 0 Å². The molecule has 0 bridgehead atoms. The zero-order valence-electron chi connectivity index (χ0n) is 8.83. The van der Waals surface area contributed by atoms with Crippen LogP contribution in [0.25, 0.3) is 0 Å². The second kappa shape index (κ2) is 2.97. The highest BCUT2D eigenvalue weighted by Crippen LogP contribution is 2.55. The first kappa shape index (κ1) is 11.0. The smallest absolute Gasteiger partial charge is 0.307 e. The molecule has 1 saturated carbocycles. The van der Waals surface area contributed by atoms with E-state index >= 15 is 0 Å². The molecule has 1 aliphatic carbocycles. The van der Waals surface area contributed by atoms with Crippen LogP contribution in [0.5, 0.6) is 0 Å². The summed E-state index contributed by atoms with van der Waals surface area (Å²) in [7, 11) is 0. The van der Waals surface area contributed by atoms with Gasteiger partial charge in [0.2, 0.25) is 5.91 Å². The van der Waals surface area contributed by atoms with E-state index in [1.807, 2.05) is 13.8 Å². The molecule has 14 heavy (non-hydrogen) atoms. The average molecular weight is 199 g/mol. The van der Waals surface area contributed by atoms with Gasteiger partial charge in [0.05, 0.1) is 11.3 Å². The van der Waals surface area contributed by atoms with Gasteiger partial charge in [-0.15, -0.1) is 0 Å². The lowest BCUT2D eigenvalue weighted by Gasteiger charge is -2.37. The number of aliphatic carboxylic acids is 1. The number of carboxylic acids is 1. The third-order valence-electron chi connectivity index (χ3n) is 4.07. The van der Waals surface area contributed by atoms with Crippen LogP contribution >= 0.6 is 0 Å². The Morgan fingerprint density at radius 2 is 1.86 bits per heavy atom. The van der Waals surface area contributed by atoms with Crippen LogP contribution in [0.1, 0.15) is 33.6 Å². The Hall–Kier alpha value is -1.06. The van der Waals surface area contributed by atoms with Gasteiger partial charge in [-0.3, -0.25) is 9.59 Å². The molecule has 4 nitrogen and oxygen atoms in total. The van der Waals surface area contributed by atoms with Crippen molar-refractivity contribution in [3.63, 3.8) is 0 Å². The highest BCUT2D eigenvalue weighted by atomic mass is 16.4. The molecule has 0 aromatic heterocycles. The van der Waals surface area contributed by atoms with Crippen LogP contribution in [0.3, 0.4) is 0 Å². The lowest BCUT2D eigenvalue weighted by atomic mass is 9.65. The van der Waals surface area contributed by atoms with Crippen molar-refractivity contribution in [3.05, 3.63) is 0 Å². The van der Waals surface area contributed by atoms with Crippen LogP contribution in [-0.4, -0.2) is 17.0 Å². The number of hydrogen-bond donors (Lipinski definition) is 2. The van der Waals surface area contributed by atoms with Crippen LogP contribution in [-0.2, 0) is 9.59 Å². The van der Waals surface area contributed by atoms with Gasteiger partial charge in [0, 0.05) is 0 Å². The Morgan fingerprint density at radius 1 is 1.36 bits per heavy atom. The molecule has 1 amide bonds. The minimum atomic E-state index is -0.833. The molecule has 0 aromatic rings. The Balaban J connectivity index is 3.08. The van der Waals surface area contributed by atoms with E-state index in [0.717, 1.165) is 0 Å². The fourth-order valence-corrected chi connectivity index (χ4v) is 2.37. The van der Waals surface area contributed by atoms with Crippen molar-refractivity contribution in [1.29, 1.82) is 0 Å². The van der Waals surface area contributed by atoms with Crippen LogP contribution in [0.15, 0.2) is 0 Å².